The highest BCUT2D eigenvalue weighted by molar-refractivity contribution is 5.94. The van der Waals surface area contributed by atoms with Gasteiger partial charge in [-0.25, -0.2) is 0 Å². The number of hydrogen-bond donors (Lipinski definition) is 2. The van der Waals surface area contributed by atoms with Gasteiger partial charge in [-0.1, -0.05) is 38.1 Å². The van der Waals surface area contributed by atoms with Crippen molar-refractivity contribution in [3.05, 3.63) is 54.1 Å². The average Bonchev–Trinajstić information content (AvgIpc) is 2.59. The summed E-state index contributed by atoms with van der Waals surface area (Å²) >= 11 is 0. The molecule has 2 aromatic rings. The van der Waals surface area contributed by atoms with Crippen LogP contribution in [-0.4, -0.2) is 18.4 Å². The molecule has 1 atom stereocenters. The molecule has 2 aromatic carbocycles. The van der Waals surface area contributed by atoms with E-state index in [0.29, 0.717) is 17.3 Å². The predicted molar refractivity (Wildman–Crippen MR) is 100 cm³/mol. The summed E-state index contributed by atoms with van der Waals surface area (Å²) in [7, 11) is 0. The maximum Gasteiger partial charge on any atom is 0.262 e. The molecule has 0 saturated heterocycles. The van der Waals surface area contributed by atoms with Crippen molar-refractivity contribution in [2.45, 2.75) is 33.1 Å². The van der Waals surface area contributed by atoms with Gasteiger partial charge < -0.3 is 15.4 Å². The molecule has 2 rings (SSSR count). The number of carbonyl (C=O) groups is 2. The van der Waals surface area contributed by atoms with Crippen LogP contribution in [0.4, 0.5) is 11.4 Å². The van der Waals surface area contributed by atoms with Crippen LogP contribution in [0.5, 0.6) is 5.75 Å². The highest BCUT2D eigenvalue weighted by atomic mass is 16.5. The fourth-order valence-corrected chi connectivity index (χ4v) is 2.46. The molecule has 25 heavy (non-hydrogen) atoms. The van der Waals surface area contributed by atoms with Crippen LogP contribution < -0.4 is 15.4 Å². The van der Waals surface area contributed by atoms with Gasteiger partial charge in [0.05, 0.1) is 0 Å². The van der Waals surface area contributed by atoms with E-state index >= 15 is 0 Å². The molecule has 0 fully saturated rings. The highest BCUT2D eigenvalue weighted by Crippen LogP contribution is 2.28. The lowest BCUT2D eigenvalue weighted by Crippen LogP contribution is -2.20. The van der Waals surface area contributed by atoms with Gasteiger partial charge in [0.2, 0.25) is 5.91 Å². The summed E-state index contributed by atoms with van der Waals surface area (Å²) in [6.45, 7) is 5.62. The first kappa shape index (κ1) is 18.5. The van der Waals surface area contributed by atoms with Gasteiger partial charge >= 0.3 is 0 Å². The molecule has 5 nitrogen and oxygen atoms in total. The maximum atomic E-state index is 12.1. The van der Waals surface area contributed by atoms with E-state index in [0.717, 1.165) is 17.7 Å². The number of carbonyl (C=O) groups excluding carboxylic acids is 2. The number of amides is 2. The Labute approximate surface area is 148 Å². The van der Waals surface area contributed by atoms with Crippen LogP contribution in [0.2, 0.25) is 0 Å². The van der Waals surface area contributed by atoms with E-state index in [9.17, 15) is 9.59 Å². The van der Waals surface area contributed by atoms with Gasteiger partial charge in [-0.2, -0.15) is 0 Å². The molecule has 0 unspecified atom stereocenters. The lowest BCUT2D eigenvalue weighted by atomic mass is 9.98. The van der Waals surface area contributed by atoms with Gasteiger partial charge in [-0.3, -0.25) is 9.59 Å². The fraction of sp³-hybridized carbons (Fsp3) is 0.300. The Morgan fingerprint density at radius 2 is 1.72 bits per heavy atom. The summed E-state index contributed by atoms with van der Waals surface area (Å²) < 4.78 is 5.71. The standard InChI is InChI=1S/C20H24N2O3/c1-4-14(2)18-10-5-6-11-19(18)25-13-20(24)22-17-9-7-8-16(12-17)21-15(3)23/h5-12,14H,4,13H2,1-3H3,(H,21,23)(H,22,24)/t14-/m0/s1. The maximum absolute atomic E-state index is 12.1. The van der Waals surface area contributed by atoms with Crippen LogP contribution in [-0.2, 0) is 9.59 Å². The van der Waals surface area contributed by atoms with E-state index in [1.54, 1.807) is 24.3 Å². The highest BCUT2D eigenvalue weighted by Gasteiger charge is 2.11. The van der Waals surface area contributed by atoms with Gasteiger partial charge in [0.25, 0.3) is 5.91 Å². The molecule has 0 aliphatic carbocycles. The van der Waals surface area contributed by atoms with E-state index in [-0.39, 0.29) is 18.4 Å². The molecule has 0 bridgehead atoms. The quantitative estimate of drug-likeness (QED) is 0.795. The van der Waals surface area contributed by atoms with Gasteiger partial charge in [-0.15, -0.1) is 0 Å². The monoisotopic (exact) mass is 340 g/mol. The van der Waals surface area contributed by atoms with Crippen molar-refractivity contribution in [3.63, 3.8) is 0 Å². The Morgan fingerprint density at radius 3 is 2.40 bits per heavy atom. The first-order valence-corrected chi connectivity index (χ1v) is 8.38. The third-order valence-corrected chi connectivity index (χ3v) is 3.89. The van der Waals surface area contributed by atoms with E-state index < -0.39 is 0 Å². The molecule has 2 amide bonds. The van der Waals surface area contributed by atoms with Gasteiger partial charge in [-0.05, 0) is 42.2 Å². The van der Waals surface area contributed by atoms with Gasteiger partial charge in [0.15, 0.2) is 6.61 Å². The number of nitrogens with one attached hydrogen (secondary N) is 2. The van der Waals surface area contributed by atoms with Crippen LogP contribution in [0.15, 0.2) is 48.5 Å². The zero-order valence-electron chi connectivity index (χ0n) is 14.8. The molecular weight excluding hydrogens is 316 g/mol. The summed E-state index contributed by atoms with van der Waals surface area (Å²) in [6, 6.07) is 14.8. The van der Waals surface area contributed by atoms with Crippen molar-refractivity contribution in [1.29, 1.82) is 0 Å². The third-order valence-electron chi connectivity index (χ3n) is 3.89. The number of benzene rings is 2. The normalized spacial score (nSPS) is 11.5. The number of ether oxygens (including phenoxy) is 1. The molecule has 132 valence electrons. The van der Waals surface area contributed by atoms with Crippen LogP contribution >= 0.6 is 0 Å². The third kappa shape index (κ3) is 5.64. The Bertz CT molecular complexity index is 743. The minimum atomic E-state index is -0.251. The van der Waals surface area contributed by atoms with Crippen LogP contribution in [0.1, 0.15) is 38.7 Å². The topological polar surface area (TPSA) is 67.4 Å². The van der Waals surface area contributed by atoms with E-state index in [4.69, 9.17) is 4.74 Å². The van der Waals surface area contributed by atoms with E-state index in [1.165, 1.54) is 6.92 Å². The van der Waals surface area contributed by atoms with Crippen molar-refractivity contribution in [3.8, 4) is 5.75 Å². The van der Waals surface area contributed by atoms with Crippen molar-refractivity contribution in [1.82, 2.24) is 0 Å². The summed E-state index contributed by atoms with van der Waals surface area (Å²) in [6.07, 6.45) is 1.00. The molecule has 5 heteroatoms. The van der Waals surface area contributed by atoms with Crippen molar-refractivity contribution < 1.29 is 14.3 Å². The average molecular weight is 340 g/mol. The number of anilines is 2. The second-order valence-corrected chi connectivity index (χ2v) is 5.95. The molecule has 0 aliphatic heterocycles. The first-order chi connectivity index (χ1) is 12.0. The zero-order chi connectivity index (χ0) is 18.2. The summed E-state index contributed by atoms with van der Waals surface area (Å²) in [4.78, 5) is 23.2. The summed E-state index contributed by atoms with van der Waals surface area (Å²) in [5, 5.41) is 5.45. The Balaban J connectivity index is 1.97. The Hall–Kier alpha value is -2.82. The second-order valence-electron chi connectivity index (χ2n) is 5.95. The molecule has 0 radical (unpaired) electrons. The van der Waals surface area contributed by atoms with Gasteiger partial charge in [0.1, 0.15) is 5.75 Å². The Morgan fingerprint density at radius 1 is 1.04 bits per heavy atom. The van der Waals surface area contributed by atoms with E-state index in [2.05, 4.69) is 24.5 Å². The number of hydrogen-bond acceptors (Lipinski definition) is 3. The zero-order valence-corrected chi connectivity index (χ0v) is 14.8. The summed E-state index contributed by atoms with van der Waals surface area (Å²) in [5.41, 5.74) is 2.34. The van der Waals surface area contributed by atoms with Gasteiger partial charge in [0, 0.05) is 18.3 Å². The fourth-order valence-electron chi connectivity index (χ4n) is 2.46. The molecule has 0 saturated carbocycles. The molecule has 0 heterocycles. The smallest absolute Gasteiger partial charge is 0.262 e. The van der Waals surface area contributed by atoms with Crippen molar-refractivity contribution in [2.24, 2.45) is 0 Å². The van der Waals surface area contributed by atoms with Crippen molar-refractivity contribution in [2.75, 3.05) is 17.2 Å². The molecule has 2 N–H and O–H groups in total. The SMILES string of the molecule is CC[C@H](C)c1ccccc1OCC(=O)Nc1cccc(NC(C)=O)c1. The lowest BCUT2D eigenvalue weighted by Gasteiger charge is -2.15. The number of rotatable bonds is 7. The van der Waals surface area contributed by atoms with E-state index in [1.807, 2.05) is 24.3 Å². The minimum Gasteiger partial charge on any atom is -0.483 e. The largest absolute Gasteiger partial charge is 0.483 e. The lowest BCUT2D eigenvalue weighted by molar-refractivity contribution is -0.118. The molecule has 0 aromatic heterocycles. The molecule has 0 spiro atoms. The second kappa shape index (κ2) is 8.87. The van der Waals surface area contributed by atoms with Crippen LogP contribution in [0.3, 0.4) is 0 Å². The molecule has 0 aliphatic rings. The van der Waals surface area contributed by atoms with Crippen LogP contribution in [0, 0.1) is 0 Å². The summed E-state index contributed by atoms with van der Waals surface area (Å²) in [5.74, 6) is 0.694. The van der Waals surface area contributed by atoms with Crippen LogP contribution in [0.25, 0.3) is 0 Å². The Kier molecular flexibility index (Phi) is 6.57. The minimum absolute atomic E-state index is 0.0716. The first-order valence-electron chi connectivity index (χ1n) is 8.38. The number of para-hydroxylation sites is 1. The molecular formula is C20H24N2O3. The predicted octanol–water partition coefficient (Wildman–Crippen LogP) is 4.18. The van der Waals surface area contributed by atoms with Crippen molar-refractivity contribution >= 4 is 23.2 Å².